The molecule has 1 fully saturated rings. The Morgan fingerprint density at radius 3 is 2.56 bits per heavy atom. The molecule has 3 atom stereocenters. The third kappa shape index (κ3) is 4.69. The number of carbonyl (C=O) groups is 3. The van der Waals surface area contributed by atoms with Gasteiger partial charge in [-0.05, 0) is 43.9 Å². The zero-order valence-corrected chi connectivity index (χ0v) is 14.0. The molecule has 25 heavy (non-hydrogen) atoms. The molecule has 1 aliphatic heterocycles. The van der Waals surface area contributed by atoms with Gasteiger partial charge in [0.2, 0.25) is 11.8 Å². The Labute approximate surface area is 145 Å². The van der Waals surface area contributed by atoms with E-state index in [1.807, 2.05) is 0 Å². The average Bonchev–Trinajstić information content (AvgIpc) is 3.05. The van der Waals surface area contributed by atoms with Crippen molar-refractivity contribution in [2.45, 2.75) is 44.3 Å². The van der Waals surface area contributed by atoms with Crippen LogP contribution >= 0.6 is 0 Å². The summed E-state index contributed by atoms with van der Waals surface area (Å²) in [6.07, 6.45) is 1.43. The van der Waals surface area contributed by atoms with Gasteiger partial charge in [-0.1, -0.05) is 12.1 Å². The number of benzene rings is 1. The number of phenolic OH excluding ortho intramolecular Hbond substituents is 1. The van der Waals surface area contributed by atoms with Gasteiger partial charge >= 0.3 is 5.97 Å². The summed E-state index contributed by atoms with van der Waals surface area (Å²) in [6.45, 7) is 1.79. The van der Waals surface area contributed by atoms with E-state index < -0.39 is 30.0 Å². The number of nitrogens with two attached hydrogens (primary N) is 1. The van der Waals surface area contributed by atoms with Gasteiger partial charge in [0.25, 0.3) is 0 Å². The second-order valence-corrected chi connectivity index (χ2v) is 6.24. The lowest BCUT2D eigenvalue weighted by atomic mass is 10.0. The molecule has 8 nitrogen and oxygen atoms in total. The summed E-state index contributed by atoms with van der Waals surface area (Å²) in [5, 5.41) is 20.6. The van der Waals surface area contributed by atoms with Crippen molar-refractivity contribution in [1.29, 1.82) is 0 Å². The van der Waals surface area contributed by atoms with Crippen LogP contribution < -0.4 is 11.1 Å². The van der Waals surface area contributed by atoms with Crippen molar-refractivity contribution in [3.8, 4) is 5.75 Å². The molecule has 0 spiro atoms. The molecule has 0 bridgehead atoms. The van der Waals surface area contributed by atoms with E-state index >= 15 is 0 Å². The maximum absolute atomic E-state index is 12.6. The number of amides is 2. The maximum Gasteiger partial charge on any atom is 0.325 e. The van der Waals surface area contributed by atoms with Crippen LogP contribution in [0.2, 0.25) is 0 Å². The van der Waals surface area contributed by atoms with Crippen LogP contribution in [0.15, 0.2) is 24.3 Å². The lowest BCUT2D eigenvalue weighted by molar-refractivity contribution is -0.143. The number of carbonyl (C=O) groups excluding carboxylic acids is 2. The number of nitrogens with zero attached hydrogens (tertiary/aromatic N) is 1. The fourth-order valence-corrected chi connectivity index (χ4v) is 2.86. The number of phenols is 1. The topological polar surface area (TPSA) is 133 Å². The first-order chi connectivity index (χ1) is 11.8. The fraction of sp³-hybridized carbons (Fsp3) is 0.471. The molecule has 1 aliphatic rings. The number of carboxylic acid groups (broad SMARTS) is 1. The lowest BCUT2D eigenvalue weighted by Gasteiger charge is -2.27. The summed E-state index contributed by atoms with van der Waals surface area (Å²) >= 11 is 0. The molecule has 2 amide bonds. The van der Waals surface area contributed by atoms with Gasteiger partial charge in [-0.15, -0.1) is 0 Å². The SMILES string of the molecule is C[C@H](NC(=O)[C@@H]1CCCN1C(=O)[C@@H](N)Cc1ccc(O)cc1)C(=O)O. The second kappa shape index (κ2) is 7.98. The molecule has 0 unspecified atom stereocenters. The highest BCUT2D eigenvalue weighted by atomic mass is 16.4. The number of hydrogen-bond acceptors (Lipinski definition) is 5. The van der Waals surface area contributed by atoms with E-state index in [0.29, 0.717) is 19.4 Å². The van der Waals surface area contributed by atoms with E-state index in [-0.39, 0.29) is 18.1 Å². The monoisotopic (exact) mass is 349 g/mol. The van der Waals surface area contributed by atoms with E-state index in [0.717, 1.165) is 5.56 Å². The Morgan fingerprint density at radius 1 is 1.32 bits per heavy atom. The van der Waals surface area contributed by atoms with Crippen LogP contribution in [0, 0.1) is 0 Å². The number of likely N-dealkylation sites (tertiary alicyclic amines) is 1. The Hall–Kier alpha value is -2.61. The van der Waals surface area contributed by atoms with Crippen LogP contribution in [0.1, 0.15) is 25.3 Å². The predicted octanol–water partition coefficient (Wildman–Crippen LogP) is -0.158. The molecule has 0 aliphatic carbocycles. The van der Waals surface area contributed by atoms with E-state index in [4.69, 9.17) is 10.8 Å². The highest BCUT2D eigenvalue weighted by Gasteiger charge is 2.36. The van der Waals surface area contributed by atoms with Crippen molar-refractivity contribution in [3.05, 3.63) is 29.8 Å². The van der Waals surface area contributed by atoms with Gasteiger partial charge < -0.3 is 26.2 Å². The van der Waals surface area contributed by atoms with Crippen LogP contribution in [0.5, 0.6) is 5.75 Å². The van der Waals surface area contributed by atoms with Crippen LogP contribution in [0.3, 0.4) is 0 Å². The van der Waals surface area contributed by atoms with Crippen molar-refractivity contribution in [1.82, 2.24) is 10.2 Å². The molecule has 1 heterocycles. The van der Waals surface area contributed by atoms with Crippen LogP contribution in [0.4, 0.5) is 0 Å². The number of nitrogens with one attached hydrogen (secondary N) is 1. The zero-order valence-electron chi connectivity index (χ0n) is 14.0. The number of aliphatic carboxylic acids is 1. The largest absolute Gasteiger partial charge is 0.508 e. The molecule has 8 heteroatoms. The van der Waals surface area contributed by atoms with Gasteiger partial charge in [0.1, 0.15) is 17.8 Å². The first kappa shape index (κ1) is 18.7. The molecular formula is C17H23N3O5. The van der Waals surface area contributed by atoms with Crippen molar-refractivity contribution in [2.75, 3.05) is 6.54 Å². The van der Waals surface area contributed by atoms with Gasteiger partial charge in [-0.25, -0.2) is 0 Å². The molecule has 5 N–H and O–H groups in total. The smallest absolute Gasteiger partial charge is 0.325 e. The summed E-state index contributed by atoms with van der Waals surface area (Å²) in [4.78, 5) is 37.2. The van der Waals surface area contributed by atoms with E-state index in [9.17, 15) is 19.5 Å². The normalized spacial score (nSPS) is 19.3. The first-order valence-electron chi connectivity index (χ1n) is 8.16. The quantitative estimate of drug-likeness (QED) is 0.564. The van der Waals surface area contributed by atoms with Gasteiger partial charge in [-0.2, -0.15) is 0 Å². The van der Waals surface area contributed by atoms with Gasteiger partial charge in [-0.3, -0.25) is 14.4 Å². The van der Waals surface area contributed by atoms with Crippen molar-refractivity contribution < 1.29 is 24.6 Å². The number of hydrogen-bond donors (Lipinski definition) is 4. The molecule has 136 valence electrons. The minimum atomic E-state index is -1.13. The molecule has 2 rings (SSSR count). The van der Waals surface area contributed by atoms with Gasteiger partial charge in [0.15, 0.2) is 0 Å². The Kier molecular flexibility index (Phi) is 5.97. The van der Waals surface area contributed by atoms with Crippen LogP contribution in [0.25, 0.3) is 0 Å². The molecule has 0 saturated carbocycles. The van der Waals surface area contributed by atoms with E-state index in [2.05, 4.69) is 5.32 Å². The summed E-state index contributed by atoms with van der Waals surface area (Å²) in [5.74, 6) is -1.81. The third-order valence-corrected chi connectivity index (χ3v) is 4.28. The Morgan fingerprint density at radius 2 is 1.96 bits per heavy atom. The van der Waals surface area contributed by atoms with Crippen LogP contribution in [-0.4, -0.2) is 57.6 Å². The number of rotatable bonds is 6. The number of carboxylic acids is 1. The molecule has 1 aromatic rings. The standard InChI is InChI=1S/C17H23N3O5/c1-10(17(24)25)19-15(22)14-3-2-8-20(14)16(23)13(18)9-11-4-6-12(21)7-5-11/h4-7,10,13-14,21H,2-3,8-9,18H2,1H3,(H,19,22)(H,24,25)/t10-,13-,14-/m0/s1. The maximum atomic E-state index is 12.6. The van der Waals surface area contributed by atoms with E-state index in [1.54, 1.807) is 12.1 Å². The highest BCUT2D eigenvalue weighted by Crippen LogP contribution is 2.20. The molecule has 1 aromatic carbocycles. The molecule has 0 aromatic heterocycles. The fourth-order valence-electron chi connectivity index (χ4n) is 2.86. The highest BCUT2D eigenvalue weighted by molar-refractivity contribution is 5.92. The van der Waals surface area contributed by atoms with Gasteiger partial charge in [0.05, 0.1) is 6.04 Å². The summed E-state index contributed by atoms with van der Waals surface area (Å²) in [5.41, 5.74) is 6.80. The molecular weight excluding hydrogens is 326 g/mol. The van der Waals surface area contributed by atoms with Crippen molar-refractivity contribution in [3.63, 3.8) is 0 Å². The molecule has 0 radical (unpaired) electrons. The minimum Gasteiger partial charge on any atom is -0.508 e. The predicted molar refractivity (Wildman–Crippen MR) is 89.8 cm³/mol. The lowest BCUT2D eigenvalue weighted by Crippen LogP contribution is -2.53. The van der Waals surface area contributed by atoms with Crippen molar-refractivity contribution >= 4 is 17.8 Å². The van der Waals surface area contributed by atoms with E-state index in [1.165, 1.54) is 24.0 Å². The van der Waals surface area contributed by atoms with Gasteiger partial charge in [0, 0.05) is 6.54 Å². The van der Waals surface area contributed by atoms with Crippen molar-refractivity contribution in [2.24, 2.45) is 5.73 Å². The first-order valence-corrected chi connectivity index (χ1v) is 8.16. The van der Waals surface area contributed by atoms with Crippen LogP contribution in [-0.2, 0) is 20.8 Å². The minimum absolute atomic E-state index is 0.132. The third-order valence-electron chi connectivity index (χ3n) is 4.28. The summed E-state index contributed by atoms with van der Waals surface area (Å²) < 4.78 is 0. The number of aromatic hydroxyl groups is 1. The second-order valence-electron chi connectivity index (χ2n) is 6.24. The Balaban J connectivity index is 2.00. The Bertz CT molecular complexity index is 646. The molecule has 1 saturated heterocycles. The zero-order chi connectivity index (χ0) is 18.6. The summed E-state index contributed by atoms with van der Waals surface area (Å²) in [7, 11) is 0. The average molecular weight is 349 g/mol. The summed E-state index contributed by atoms with van der Waals surface area (Å²) in [6, 6.07) is 3.89.